The molecule has 0 fully saturated rings. The van der Waals surface area contributed by atoms with Crippen LogP contribution in [-0.2, 0) is 22.7 Å². The van der Waals surface area contributed by atoms with Crippen LogP contribution in [0.25, 0.3) is 0 Å². The maximum absolute atomic E-state index is 12.2. The number of benzene rings is 1. The molecular weight excluding hydrogens is 322 g/mol. The Morgan fingerprint density at radius 3 is 2.44 bits per heavy atom. The second-order valence-electron chi connectivity index (χ2n) is 6.03. The SMILES string of the molecule is CC(=O)Nc1ccc(NC(=O)CN2Cc3nc(C)[nH]c(=O)c3C2)cc1. The molecule has 2 amide bonds. The molecule has 1 aliphatic rings. The van der Waals surface area contributed by atoms with Crippen LogP contribution in [0.15, 0.2) is 29.1 Å². The molecule has 8 heteroatoms. The highest BCUT2D eigenvalue weighted by atomic mass is 16.2. The van der Waals surface area contributed by atoms with Crippen LogP contribution in [0.2, 0.25) is 0 Å². The molecular formula is C17H19N5O3. The van der Waals surface area contributed by atoms with E-state index in [4.69, 9.17) is 0 Å². The second kappa shape index (κ2) is 6.86. The van der Waals surface area contributed by atoms with Gasteiger partial charge in [0.1, 0.15) is 5.82 Å². The number of nitrogens with one attached hydrogen (secondary N) is 3. The molecule has 0 unspecified atom stereocenters. The first-order valence-electron chi connectivity index (χ1n) is 7.89. The molecule has 3 rings (SSSR count). The molecule has 3 N–H and O–H groups in total. The number of hydrogen-bond acceptors (Lipinski definition) is 5. The van der Waals surface area contributed by atoms with Crippen LogP contribution in [0, 0.1) is 6.92 Å². The number of nitrogens with zero attached hydrogens (tertiary/aromatic N) is 2. The van der Waals surface area contributed by atoms with Crippen molar-refractivity contribution in [1.82, 2.24) is 14.9 Å². The molecule has 0 saturated carbocycles. The quantitative estimate of drug-likeness (QED) is 0.769. The summed E-state index contributed by atoms with van der Waals surface area (Å²) in [5, 5.41) is 5.47. The van der Waals surface area contributed by atoms with E-state index >= 15 is 0 Å². The van der Waals surface area contributed by atoms with E-state index in [1.54, 1.807) is 31.2 Å². The highest BCUT2D eigenvalue weighted by Crippen LogP contribution is 2.18. The van der Waals surface area contributed by atoms with E-state index in [1.165, 1.54) is 6.92 Å². The van der Waals surface area contributed by atoms with Crippen LogP contribution in [0.5, 0.6) is 0 Å². The number of H-pyrrole nitrogens is 1. The van der Waals surface area contributed by atoms with Gasteiger partial charge in [0, 0.05) is 31.4 Å². The van der Waals surface area contributed by atoms with Crippen molar-refractivity contribution < 1.29 is 9.59 Å². The zero-order valence-corrected chi connectivity index (χ0v) is 14.0. The van der Waals surface area contributed by atoms with Gasteiger partial charge in [-0.05, 0) is 31.2 Å². The van der Waals surface area contributed by atoms with E-state index in [0.29, 0.717) is 35.9 Å². The lowest BCUT2D eigenvalue weighted by molar-refractivity contribution is -0.117. The van der Waals surface area contributed by atoms with E-state index in [2.05, 4.69) is 20.6 Å². The summed E-state index contributed by atoms with van der Waals surface area (Å²) in [6, 6.07) is 6.87. The van der Waals surface area contributed by atoms with Crippen LogP contribution in [0.1, 0.15) is 24.0 Å². The molecule has 0 radical (unpaired) electrons. The Bertz CT molecular complexity index is 873. The molecule has 0 atom stereocenters. The molecule has 2 heterocycles. The minimum atomic E-state index is -0.173. The van der Waals surface area contributed by atoms with Gasteiger partial charge in [-0.3, -0.25) is 19.3 Å². The standard InChI is InChI=1S/C17H19N5O3/c1-10-18-15-8-22(7-14(15)17(25)19-10)9-16(24)21-13-5-3-12(4-6-13)20-11(2)23/h3-6H,7-9H2,1-2H3,(H,20,23)(H,21,24)(H,18,19,25). The van der Waals surface area contributed by atoms with Gasteiger partial charge in [-0.1, -0.05) is 0 Å². The number of carbonyl (C=O) groups excluding carboxylic acids is 2. The smallest absolute Gasteiger partial charge is 0.255 e. The molecule has 2 aromatic rings. The first-order chi connectivity index (χ1) is 11.9. The van der Waals surface area contributed by atoms with Gasteiger partial charge >= 0.3 is 0 Å². The number of anilines is 2. The van der Waals surface area contributed by atoms with E-state index in [0.717, 1.165) is 5.69 Å². The highest BCUT2D eigenvalue weighted by Gasteiger charge is 2.25. The molecule has 130 valence electrons. The second-order valence-corrected chi connectivity index (χ2v) is 6.03. The Morgan fingerprint density at radius 1 is 1.16 bits per heavy atom. The zero-order chi connectivity index (χ0) is 18.0. The number of aryl methyl sites for hydroxylation is 1. The summed E-state index contributed by atoms with van der Waals surface area (Å²) in [7, 11) is 0. The third-order valence-corrected chi connectivity index (χ3v) is 3.83. The van der Waals surface area contributed by atoms with Gasteiger partial charge in [0.2, 0.25) is 11.8 Å². The normalized spacial score (nSPS) is 13.4. The van der Waals surface area contributed by atoms with E-state index < -0.39 is 0 Å². The summed E-state index contributed by atoms with van der Waals surface area (Å²) in [5.41, 5.74) is 2.52. The summed E-state index contributed by atoms with van der Waals surface area (Å²) in [5.74, 6) is 0.256. The van der Waals surface area contributed by atoms with Crippen LogP contribution >= 0.6 is 0 Å². The Hall–Kier alpha value is -3.00. The number of hydrogen-bond donors (Lipinski definition) is 3. The Balaban J connectivity index is 1.58. The van der Waals surface area contributed by atoms with Gasteiger partial charge in [-0.2, -0.15) is 0 Å². The predicted octanol–water partition coefficient (Wildman–Crippen LogP) is 0.991. The monoisotopic (exact) mass is 341 g/mol. The van der Waals surface area contributed by atoms with Gasteiger partial charge < -0.3 is 15.6 Å². The fourth-order valence-corrected chi connectivity index (χ4v) is 2.81. The third-order valence-electron chi connectivity index (χ3n) is 3.83. The van der Waals surface area contributed by atoms with Crippen LogP contribution in [-0.4, -0.2) is 33.2 Å². The predicted molar refractivity (Wildman–Crippen MR) is 93.1 cm³/mol. The summed E-state index contributed by atoms with van der Waals surface area (Å²) in [6.07, 6.45) is 0. The molecule has 0 saturated heterocycles. The van der Waals surface area contributed by atoms with Crippen molar-refractivity contribution in [2.45, 2.75) is 26.9 Å². The topological polar surface area (TPSA) is 107 Å². The summed E-state index contributed by atoms with van der Waals surface area (Å²) in [4.78, 5) is 44.0. The fraction of sp³-hybridized carbons (Fsp3) is 0.294. The van der Waals surface area contributed by atoms with Crippen molar-refractivity contribution in [3.05, 3.63) is 51.7 Å². The number of carbonyl (C=O) groups is 2. The largest absolute Gasteiger partial charge is 0.326 e. The Kier molecular flexibility index (Phi) is 4.62. The van der Waals surface area contributed by atoms with E-state index in [9.17, 15) is 14.4 Å². The lowest BCUT2D eigenvalue weighted by Gasteiger charge is -2.14. The molecule has 1 aromatic carbocycles. The number of rotatable bonds is 4. The Morgan fingerprint density at radius 2 is 1.80 bits per heavy atom. The third kappa shape index (κ3) is 4.10. The number of aromatic nitrogens is 2. The van der Waals surface area contributed by atoms with Gasteiger partial charge in [0.05, 0.1) is 17.8 Å². The van der Waals surface area contributed by atoms with Gasteiger partial charge in [0.25, 0.3) is 5.56 Å². The number of amides is 2. The van der Waals surface area contributed by atoms with Crippen molar-refractivity contribution in [3.8, 4) is 0 Å². The summed E-state index contributed by atoms with van der Waals surface area (Å²) in [6.45, 7) is 4.23. The number of aromatic amines is 1. The summed E-state index contributed by atoms with van der Waals surface area (Å²) >= 11 is 0. The average Bonchev–Trinajstić information content (AvgIpc) is 2.91. The first-order valence-corrected chi connectivity index (χ1v) is 7.89. The maximum atomic E-state index is 12.2. The van der Waals surface area contributed by atoms with E-state index in [1.807, 2.05) is 4.90 Å². The first kappa shape index (κ1) is 16.8. The molecule has 0 spiro atoms. The highest BCUT2D eigenvalue weighted by molar-refractivity contribution is 5.93. The fourth-order valence-electron chi connectivity index (χ4n) is 2.81. The van der Waals surface area contributed by atoms with Gasteiger partial charge in [-0.25, -0.2) is 4.98 Å². The minimum Gasteiger partial charge on any atom is -0.326 e. The molecule has 1 aromatic heterocycles. The molecule has 8 nitrogen and oxygen atoms in total. The average molecular weight is 341 g/mol. The minimum absolute atomic E-state index is 0.140. The van der Waals surface area contributed by atoms with Crippen molar-refractivity contribution in [2.24, 2.45) is 0 Å². The maximum Gasteiger partial charge on any atom is 0.255 e. The van der Waals surface area contributed by atoms with E-state index in [-0.39, 0.29) is 23.9 Å². The molecule has 1 aliphatic heterocycles. The van der Waals surface area contributed by atoms with Crippen LogP contribution in [0.4, 0.5) is 11.4 Å². The Labute approximate surface area is 144 Å². The van der Waals surface area contributed by atoms with Crippen molar-refractivity contribution in [3.63, 3.8) is 0 Å². The lowest BCUT2D eigenvalue weighted by atomic mass is 10.2. The lowest BCUT2D eigenvalue weighted by Crippen LogP contribution is -2.29. The van der Waals surface area contributed by atoms with Crippen molar-refractivity contribution in [1.29, 1.82) is 0 Å². The summed E-state index contributed by atoms with van der Waals surface area (Å²) < 4.78 is 0. The molecule has 25 heavy (non-hydrogen) atoms. The molecule has 0 aliphatic carbocycles. The van der Waals surface area contributed by atoms with Crippen LogP contribution < -0.4 is 16.2 Å². The number of fused-ring (bicyclic) bond motifs is 1. The van der Waals surface area contributed by atoms with Gasteiger partial charge in [0.15, 0.2) is 0 Å². The zero-order valence-electron chi connectivity index (χ0n) is 14.0. The van der Waals surface area contributed by atoms with Crippen LogP contribution in [0.3, 0.4) is 0 Å². The molecule has 0 bridgehead atoms. The van der Waals surface area contributed by atoms with Gasteiger partial charge in [-0.15, -0.1) is 0 Å². The van der Waals surface area contributed by atoms with Crippen molar-refractivity contribution >= 4 is 23.2 Å². The van der Waals surface area contributed by atoms with Crippen molar-refractivity contribution in [2.75, 3.05) is 17.2 Å².